The van der Waals surface area contributed by atoms with Crippen molar-refractivity contribution in [2.75, 3.05) is 11.4 Å². The van der Waals surface area contributed by atoms with E-state index in [-0.39, 0.29) is 17.3 Å². The van der Waals surface area contributed by atoms with Gasteiger partial charge in [-0.15, -0.1) is 0 Å². The zero-order valence-corrected chi connectivity index (χ0v) is 20.4. The average Bonchev–Trinajstić information content (AvgIpc) is 3.24. The summed E-state index contributed by atoms with van der Waals surface area (Å²) >= 11 is 3.45. The Bertz CT molecular complexity index is 1010. The molecule has 2 amide bonds. The van der Waals surface area contributed by atoms with Crippen molar-refractivity contribution < 1.29 is 22.5 Å². The molecule has 33 heavy (non-hydrogen) atoms. The van der Waals surface area contributed by atoms with Crippen LogP contribution in [0.15, 0.2) is 27.3 Å². The number of amides is 2. The Morgan fingerprint density at radius 2 is 1.82 bits per heavy atom. The summed E-state index contributed by atoms with van der Waals surface area (Å²) < 4.78 is 44.2. The van der Waals surface area contributed by atoms with Crippen molar-refractivity contribution in [3.05, 3.63) is 34.5 Å². The van der Waals surface area contributed by atoms with E-state index < -0.39 is 23.0 Å². The van der Waals surface area contributed by atoms with E-state index in [9.17, 15) is 18.0 Å². The molecule has 0 saturated heterocycles. The summed E-state index contributed by atoms with van der Waals surface area (Å²) in [5, 5.41) is 6.71. The van der Waals surface area contributed by atoms with Gasteiger partial charge in [-0.3, -0.25) is 4.90 Å². The summed E-state index contributed by atoms with van der Waals surface area (Å²) in [4.78, 5) is 23.0. The number of fused-ring (bicyclic) bond motifs is 3. The predicted molar refractivity (Wildman–Crippen MR) is 119 cm³/mol. The summed E-state index contributed by atoms with van der Waals surface area (Å²) in [5.41, 5.74) is -1.05. The SMILES string of the molecule is CC(C)(C)NC(=O)N(CC12CCC(c3noc(C(F)(F)F)n3)(CC1)CC2)c1cc(Br)ccn1. The Balaban J connectivity index is 1.54. The number of nitrogens with zero attached hydrogens (tertiary/aromatic N) is 4. The van der Waals surface area contributed by atoms with E-state index in [0.29, 0.717) is 31.6 Å². The third-order valence-electron chi connectivity index (χ3n) is 6.75. The van der Waals surface area contributed by atoms with Crippen LogP contribution in [-0.2, 0) is 11.6 Å². The van der Waals surface area contributed by atoms with E-state index in [1.165, 1.54) is 0 Å². The van der Waals surface area contributed by atoms with E-state index in [1.807, 2.05) is 26.8 Å². The van der Waals surface area contributed by atoms with E-state index in [0.717, 1.165) is 23.7 Å². The molecule has 0 atom stereocenters. The van der Waals surface area contributed by atoms with Gasteiger partial charge in [0.15, 0.2) is 5.82 Å². The molecule has 3 fully saturated rings. The second-order valence-electron chi connectivity index (χ2n) is 10.3. The first-order valence-electron chi connectivity index (χ1n) is 10.9. The van der Waals surface area contributed by atoms with Crippen LogP contribution < -0.4 is 10.2 Å². The van der Waals surface area contributed by atoms with Crippen LogP contribution in [0.5, 0.6) is 0 Å². The monoisotopic (exact) mass is 529 g/mol. The van der Waals surface area contributed by atoms with Crippen molar-refractivity contribution >= 4 is 27.8 Å². The molecule has 0 spiro atoms. The van der Waals surface area contributed by atoms with E-state index in [4.69, 9.17) is 0 Å². The van der Waals surface area contributed by atoms with Gasteiger partial charge < -0.3 is 9.84 Å². The quantitative estimate of drug-likeness (QED) is 0.536. The predicted octanol–water partition coefficient (Wildman–Crippen LogP) is 5.85. The molecular weight excluding hydrogens is 503 g/mol. The summed E-state index contributed by atoms with van der Waals surface area (Å²) in [5.74, 6) is -0.588. The summed E-state index contributed by atoms with van der Waals surface area (Å²) in [6, 6.07) is 3.39. The van der Waals surface area contributed by atoms with Crippen LogP contribution in [0.3, 0.4) is 0 Å². The van der Waals surface area contributed by atoms with Gasteiger partial charge in [-0.1, -0.05) is 21.1 Å². The molecule has 0 unspecified atom stereocenters. The highest BCUT2D eigenvalue weighted by molar-refractivity contribution is 9.10. The fraction of sp³-hybridized carbons (Fsp3) is 0.636. The van der Waals surface area contributed by atoms with E-state index >= 15 is 0 Å². The molecule has 0 radical (unpaired) electrons. The summed E-state index contributed by atoms with van der Waals surface area (Å²) in [6.07, 6.45) is 1.25. The Kier molecular flexibility index (Phi) is 5.99. The first-order valence-corrected chi connectivity index (χ1v) is 11.7. The first kappa shape index (κ1) is 24.0. The van der Waals surface area contributed by atoms with Gasteiger partial charge in [0.05, 0.1) is 0 Å². The Morgan fingerprint density at radius 3 is 2.33 bits per heavy atom. The van der Waals surface area contributed by atoms with Crippen LogP contribution in [0.25, 0.3) is 0 Å². The lowest BCUT2D eigenvalue weighted by molar-refractivity contribution is -0.159. The van der Waals surface area contributed by atoms with Crippen molar-refractivity contribution in [1.29, 1.82) is 0 Å². The number of carbonyl (C=O) groups excluding carboxylic acids is 1. The van der Waals surface area contributed by atoms with Crippen LogP contribution >= 0.6 is 15.9 Å². The topological polar surface area (TPSA) is 84.2 Å². The van der Waals surface area contributed by atoms with E-state index in [1.54, 1.807) is 17.2 Å². The van der Waals surface area contributed by atoms with Crippen LogP contribution in [0.2, 0.25) is 0 Å². The molecule has 0 aromatic carbocycles. The number of aromatic nitrogens is 3. The second-order valence-corrected chi connectivity index (χ2v) is 11.2. The molecule has 2 aromatic heterocycles. The van der Waals surface area contributed by atoms with Gasteiger partial charge in [-0.2, -0.15) is 18.2 Å². The number of hydrogen-bond acceptors (Lipinski definition) is 5. The van der Waals surface area contributed by atoms with Crippen molar-refractivity contribution in [1.82, 2.24) is 20.4 Å². The molecule has 11 heteroatoms. The largest absolute Gasteiger partial charge is 0.471 e. The number of halogens is 4. The van der Waals surface area contributed by atoms with Crippen molar-refractivity contribution in [3.8, 4) is 0 Å². The van der Waals surface area contributed by atoms with Crippen LogP contribution in [0, 0.1) is 5.41 Å². The zero-order valence-electron chi connectivity index (χ0n) is 18.8. The minimum absolute atomic E-state index is 0.141. The Morgan fingerprint density at radius 1 is 1.18 bits per heavy atom. The number of carbonyl (C=O) groups is 1. The molecule has 5 rings (SSSR count). The second kappa shape index (κ2) is 8.25. The van der Waals surface area contributed by atoms with E-state index in [2.05, 4.69) is 40.9 Å². The highest BCUT2D eigenvalue weighted by Crippen LogP contribution is 2.57. The average molecular weight is 530 g/mol. The summed E-state index contributed by atoms with van der Waals surface area (Å²) in [7, 11) is 0. The van der Waals surface area contributed by atoms with Crippen LogP contribution in [0.1, 0.15) is 71.0 Å². The van der Waals surface area contributed by atoms with Gasteiger partial charge in [-0.25, -0.2) is 9.78 Å². The molecule has 3 aliphatic carbocycles. The van der Waals surface area contributed by atoms with Gasteiger partial charge in [-0.05, 0) is 76.8 Å². The number of urea groups is 1. The minimum atomic E-state index is -4.65. The number of hydrogen-bond donors (Lipinski definition) is 1. The summed E-state index contributed by atoms with van der Waals surface area (Å²) in [6.45, 7) is 6.25. The van der Waals surface area contributed by atoms with Gasteiger partial charge in [0, 0.05) is 28.2 Å². The van der Waals surface area contributed by atoms with Gasteiger partial charge in [0.25, 0.3) is 0 Å². The number of pyridine rings is 1. The maximum absolute atomic E-state index is 13.2. The fourth-order valence-electron chi connectivity index (χ4n) is 4.91. The minimum Gasteiger partial charge on any atom is -0.333 e. The standard InChI is InChI=1S/C22H27BrF3N5O2/c1-19(2,3)29-18(32)31(15-12-14(23)4-11-27-15)13-20-5-8-21(9-6-20,10-7-20)16-28-17(33-30-16)22(24,25)26/h4,11-12H,5-10,13H2,1-3H3,(H,29,32). The third kappa shape index (κ3) is 5.02. The smallest absolute Gasteiger partial charge is 0.333 e. The van der Waals surface area contributed by atoms with Crippen LogP contribution in [-0.4, -0.2) is 33.2 Å². The Labute approximate surface area is 198 Å². The van der Waals surface area contributed by atoms with Crippen molar-refractivity contribution in [2.24, 2.45) is 5.41 Å². The number of nitrogens with one attached hydrogen (secondary N) is 1. The van der Waals surface area contributed by atoms with Crippen molar-refractivity contribution in [3.63, 3.8) is 0 Å². The maximum atomic E-state index is 13.2. The van der Waals surface area contributed by atoms with Gasteiger partial charge in [0.1, 0.15) is 5.82 Å². The van der Waals surface area contributed by atoms with Crippen LogP contribution in [0.4, 0.5) is 23.8 Å². The molecule has 0 aliphatic heterocycles. The number of alkyl halides is 3. The Hall–Kier alpha value is -2.17. The molecular formula is C22H27BrF3N5O2. The third-order valence-corrected chi connectivity index (χ3v) is 7.24. The normalized spacial score (nSPS) is 25.2. The molecule has 2 aromatic rings. The molecule has 7 nitrogen and oxygen atoms in total. The fourth-order valence-corrected chi connectivity index (χ4v) is 5.23. The van der Waals surface area contributed by atoms with Gasteiger partial charge >= 0.3 is 18.1 Å². The number of rotatable bonds is 4. The highest BCUT2D eigenvalue weighted by atomic mass is 79.9. The lowest BCUT2D eigenvalue weighted by atomic mass is 9.53. The zero-order chi connectivity index (χ0) is 24.1. The number of anilines is 1. The maximum Gasteiger partial charge on any atom is 0.471 e. The first-order chi connectivity index (χ1) is 15.3. The molecule has 1 N–H and O–H groups in total. The molecule has 3 saturated carbocycles. The molecule has 2 heterocycles. The molecule has 2 bridgehead atoms. The molecule has 3 aliphatic rings. The van der Waals surface area contributed by atoms with Crippen molar-refractivity contribution in [2.45, 2.75) is 76.4 Å². The van der Waals surface area contributed by atoms with Gasteiger partial charge in [0.2, 0.25) is 0 Å². The highest BCUT2D eigenvalue weighted by Gasteiger charge is 2.53. The molecule has 180 valence electrons. The lowest BCUT2D eigenvalue weighted by Crippen LogP contribution is -2.55. The lowest BCUT2D eigenvalue weighted by Gasteiger charge is -2.53.